The first-order chi connectivity index (χ1) is 5.61. The number of hydrogen-bond donors (Lipinski definition) is 0. The third-order valence-corrected chi connectivity index (χ3v) is 1.06. The summed E-state index contributed by atoms with van der Waals surface area (Å²) in [5.41, 5.74) is 0. The van der Waals surface area contributed by atoms with Crippen molar-refractivity contribution in [3.8, 4) is 0 Å². The molecule has 0 spiro atoms. The van der Waals surface area contributed by atoms with Gasteiger partial charge in [0.1, 0.15) is 0 Å². The van der Waals surface area contributed by atoms with E-state index in [0.29, 0.717) is 0 Å². The number of ether oxygens (including phenoxy) is 2. The molecule has 0 unspecified atom stereocenters. The fourth-order valence-electron chi connectivity index (χ4n) is 0.437. The molecule has 0 aromatic rings. The van der Waals surface area contributed by atoms with Gasteiger partial charge in [-0.3, -0.25) is 4.79 Å². The van der Waals surface area contributed by atoms with E-state index in [0.717, 1.165) is 13.2 Å². The Labute approximate surface area is 69.0 Å². The van der Waals surface area contributed by atoms with E-state index in [1.165, 1.54) is 7.11 Å². The second-order valence-electron chi connectivity index (χ2n) is 1.82. The van der Waals surface area contributed by atoms with Gasteiger partial charge in [0, 0.05) is 0 Å². The summed E-state index contributed by atoms with van der Waals surface area (Å²) < 4.78 is 20.7. The lowest BCUT2D eigenvalue weighted by Crippen LogP contribution is -2.03. The third-order valence-electron chi connectivity index (χ3n) is 1.06. The maximum absolute atomic E-state index is 12.5. The summed E-state index contributed by atoms with van der Waals surface area (Å²) in [5.74, 6) is -2.81. The minimum Gasteiger partial charge on any atom is -0.469 e. The largest absolute Gasteiger partial charge is 0.469 e. The number of rotatable bonds is 3. The zero-order valence-corrected chi connectivity index (χ0v) is 6.80. The number of carbonyl (C=O) groups excluding carboxylic acids is 2. The summed E-state index contributed by atoms with van der Waals surface area (Å²) in [5, 5.41) is 0. The SMILES string of the molecule is COC(=O)C/C=C(\F)C(=O)OC. The van der Waals surface area contributed by atoms with Crippen LogP contribution in [0.3, 0.4) is 0 Å². The predicted molar refractivity (Wildman–Crippen MR) is 37.8 cm³/mol. The second-order valence-corrected chi connectivity index (χ2v) is 1.82. The van der Waals surface area contributed by atoms with E-state index in [2.05, 4.69) is 9.47 Å². The minimum atomic E-state index is -1.10. The van der Waals surface area contributed by atoms with Crippen molar-refractivity contribution in [2.24, 2.45) is 0 Å². The van der Waals surface area contributed by atoms with Gasteiger partial charge in [0.2, 0.25) is 5.83 Å². The molecular weight excluding hydrogens is 167 g/mol. The van der Waals surface area contributed by atoms with Gasteiger partial charge in [0.25, 0.3) is 0 Å². The summed E-state index contributed by atoms with van der Waals surface area (Å²) in [6, 6.07) is 0. The summed E-state index contributed by atoms with van der Waals surface area (Å²) in [4.78, 5) is 20.8. The molecular formula is C7H9FO4. The van der Waals surface area contributed by atoms with Crippen LogP contribution >= 0.6 is 0 Å². The number of esters is 2. The lowest BCUT2D eigenvalue weighted by atomic mass is 10.3. The highest BCUT2D eigenvalue weighted by molar-refractivity contribution is 5.86. The molecule has 0 rings (SSSR count). The Morgan fingerprint density at radius 3 is 2.33 bits per heavy atom. The van der Waals surface area contributed by atoms with E-state index in [9.17, 15) is 14.0 Å². The highest BCUT2D eigenvalue weighted by atomic mass is 19.1. The molecule has 0 aliphatic heterocycles. The molecule has 0 saturated heterocycles. The van der Waals surface area contributed by atoms with Crippen molar-refractivity contribution in [3.05, 3.63) is 11.9 Å². The molecule has 0 aromatic carbocycles. The standard InChI is InChI=1S/C7H9FO4/c1-11-6(9)4-3-5(8)7(10)12-2/h3H,4H2,1-2H3/b5-3-. The molecule has 0 radical (unpaired) electrons. The maximum atomic E-state index is 12.5. The van der Waals surface area contributed by atoms with E-state index >= 15 is 0 Å². The molecule has 0 heterocycles. The average molecular weight is 176 g/mol. The number of halogens is 1. The van der Waals surface area contributed by atoms with Crippen molar-refractivity contribution < 1.29 is 23.5 Å². The van der Waals surface area contributed by atoms with Crippen LogP contribution in [0, 0.1) is 0 Å². The smallest absolute Gasteiger partial charge is 0.366 e. The van der Waals surface area contributed by atoms with E-state index in [1.54, 1.807) is 0 Å². The molecule has 68 valence electrons. The van der Waals surface area contributed by atoms with Crippen LogP contribution in [-0.4, -0.2) is 26.2 Å². The molecule has 12 heavy (non-hydrogen) atoms. The molecule has 0 fully saturated rings. The van der Waals surface area contributed by atoms with Gasteiger partial charge in [0.15, 0.2) is 0 Å². The summed E-state index contributed by atoms with van der Waals surface area (Å²) in [6.07, 6.45) is 0.523. The van der Waals surface area contributed by atoms with E-state index < -0.39 is 17.8 Å². The van der Waals surface area contributed by atoms with Gasteiger partial charge in [-0.15, -0.1) is 0 Å². The number of carbonyl (C=O) groups is 2. The van der Waals surface area contributed by atoms with Crippen molar-refractivity contribution in [1.29, 1.82) is 0 Å². The van der Waals surface area contributed by atoms with E-state index in [4.69, 9.17) is 0 Å². The highest BCUT2D eigenvalue weighted by Crippen LogP contribution is 2.01. The van der Waals surface area contributed by atoms with Crippen LogP contribution in [0.1, 0.15) is 6.42 Å². The zero-order valence-electron chi connectivity index (χ0n) is 6.80. The van der Waals surface area contributed by atoms with Crippen LogP contribution in [-0.2, 0) is 19.1 Å². The molecule has 0 aliphatic rings. The molecule has 4 nitrogen and oxygen atoms in total. The molecule has 0 atom stereocenters. The molecule has 0 aliphatic carbocycles. The quantitative estimate of drug-likeness (QED) is 0.466. The van der Waals surface area contributed by atoms with Gasteiger partial charge in [-0.25, -0.2) is 4.79 Å². The first kappa shape index (κ1) is 10.6. The molecule has 0 N–H and O–H groups in total. The van der Waals surface area contributed by atoms with Gasteiger partial charge in [-0.05, 0) is 6.08 Å². The Balaban J connectivity index is 4.00. The predicted octanol–water partition coefficient (Wildman–Crippen LogP) is 0.576. The topological polar surface area (TPSA) is 52.6 Å². The van der Waals surface area contributed by atoms with E-state index in [1.807, 2.05) is 0 Å². The first-order valence-corrected chi connectivity index (χ1v) is 3.12. The second kappa shape index (κ2) is 5.29. The minimum absolute atomic E-state index is 0.280. The third kappa shape index (κ3) is 3.70. The lowest BCUT2D eigenvalue weighted by Gasteiger charge is -1.94. The first-order valence-electron chi connectivity index (χ1n) is 3.12. The Bertz CT molecular complexity index is 209. The highest BCUT2D eigenvalue weighted by Gasteiger charge is 2.08. The van der Waals surface area contributed by atoms with Gasteiger partial charge < -0.3 is 9.47 Å². The summed E-state index contributed by atoms with van der Waals surface area (Å²) in [7, 11) is 2.22. The van der Waals surface area contributed by atoms with Crippen LogP contribution in [0.2, 0.25) is 0 Å². The Kier molecular flexibility index (Phi) is 4.67. The van der Waals surface area contributed by atoms with Crippen molar-refractivity contribution in [2.45, 2.75) is 6.42 Å². The van der Waals surface area contributed by atoms with Crippen LogP contribution in [0.5, 0.6) is 0 Å². The molecule has 0 saturated carbocycles. The Morgan fingerprint density at radius 1 is 1.33 bits per heavy atom. The van der Waals surface area contributed by atoms with Crippen LogP contribution in [0.25, 0.3) is 0 Å². The van der Waals surface area contributed by atoms with Crippen LogP contribution in [0.15, 0.2) is 11.9 Å². The fraction of sp³-hybridized carbons (Fsp3) is 0.429. The van der Waals surface area contributed by atoms with Crippen LogP contribution < -0.4 is 0 Å². The van der Waals surface area contributed by atoms with Crippen molar-refractivity contribution >= 4 is 11.9 Å². The van der Waals surface area contributed by atoms with Crippen molar-refractivity contribution in [2.75, 3.05) is 14.2 Å². The monoisotopic (exact) mass is 176 g/mol. The fourth-order valence-corrected chi connectivity index (χ4v) is 0.437. The van der Waals surface area contributed by atoms with Crippen molar-refractivity contribution in [3.63, 3.8) is 0 Å². The van der Waals surface area contributed by atoms with Gasteiger partial charge in [0.05, 0.1) is 20.6 Å². The number of methoxy groups -OCH3 is 2. The van der Waals surface area contributed by atoms with E-state index in [-0.39, 0.29) is 6.42 Å². The summed E-state index contributed by atoms with van der Waals surface area (Å²) >= 11 is 0. The normalized spacial score (nSPS) is 10.8. The maximum Gasteiger partial charge on any atom is 0.366 e. The zero-order chi connectivity index (χ0) is 9.56. The molecule has 0 aromatic heterocycles. The molecule has 0 bridgehead atoms. The van der Waals surface area contributed by atoms with Crippen LogP contribution in [0.4, 0.5) is 4.39 Å². The Morgan fingerprint density at radius 2 is 1.92 bits per heavy atom. The molecule has 0 amide bonds. The molecule has 5 heteroatoms. The van der Waals surface area contributed by atoms with Crippen molar-refractivity contribution in [1.82, 2.24) is 0 Å². The average Bonchev–Trinajstić information content (AvgIpc) is 2.11. The summed E-state index contributed by atoms with van der Waals surface area (Å²) in [6.45, 7) is 0. The lowest BCUT2D eigenvalue weighted by molar-refractivity contribution is -0.139. The Hall–Kier alpha value is -1.39. The van der Waals surface area contributed by atoms with Gasteiger partial charge in [-0.2, -0.15) is 4.39 Å². The van der Waals surface area contributed by atoms with Gasteiger partial charge >= 0.3 is 11.9 Å². The number of hydrogen-bond acceptors (Lipinski definition) is 4. The van der Waals surface area contributed by atoms with Gasteiger partial charge in [-0.1, -0.05) is 0 Å².